The van der Waals surface area contributed by atoms with Crippen LogP contribution in [-0.4, -0.2) is 68.1 Å². The number of benzene rings is 1. The number of carbonyl (C=O) groups excluding carboxylic acids is 2. The Labute approximate surface area is 186 Å². The van der Waals surface area contributed by atoms with E-state index >= 15 is 0 Å². The number of fused-ring (bicyclic) bond motifs is 3. The molecule has 3 aromatic rings. The largest absolute Gasteiger partial charge is 0.396 e. The third-order valence-electron chi connectivity index (χ3n) is 6.62. The van der Waals surface area contributed by atoms with Gasteiger partial charge in [-0.3, -0.25) is 14.7 Å². The molecule has 5 rings (SSSR count). The van der Waals surface area contributed by atoms with Crippen LogP contribution in [0.15, 0.2) is 36.7 Å². The number of aliphatic hydroxyl groups excluding tert-OH is 1. The first-order valence-corrected chi connectivity index (χ1v) is 11.2. The summed E-state index contributed by atoms with van der Waals surface area (Å²) < 4.78 is 0. The second-order valence-electron chi connectivity index (χ2n) is 8.78. The van der Waals surface area contributed by atoms with Crippen LogP contribution < -0.4 is 0 Å². The molecule has 1 unspecified atom stereocenters. The van der Waals surface area contributed by atoms with Gasteiger partial charge in [0.05, 0.1) is 12.6 Å². The number of aromatic amines is 1. The maximum absolute atomic E-state index is 13.0. The number of pyridine rings is 1. The molecule has 2 aliphatic heterocycles. The van der Waals surface area contributed by atoms with Gasteiger partial charge in [0.2, 0.25) is 5.91 Å². The number of carbonyl (C=O) groups is 2. The number of nitrogens with zero attached hydrogens (tertiary/aromatic N) is 4. The minimum Gasteiger partial charge on any atom is -0.396 e. The van der Waals surface area contributed by atoms with E-state index in [1.54, 1.807) is 12.3 Å². The molecule has 1 atom stereocenters. The predicted molar refractivity (Wildman–Crippen MR) is 119 cm³/mol. The van der Waals surface area contributed by atoms with Gasteiger partial charge in [-0.2, -0.15) is 5.10 Å². The van der Waals surface area contributed by atoms with Crippen LogP contribution >= 0.6 is 0 Å². The summed E-state index contributed by atoms with van der Waals surface area (Å²) in [5.74, 6) is 0.169. The van der Waals surface area contributed by atoms with Crippen molar-refractivity contribution in [2.24, 2.45) is 5.92 Å². The van der Waals surface area contributed by atoms with Crippen LogP contribution in [0.5, 0.6) is 0 Å². The van der Waals surface area contributed by atoms with E-state index in [1.807, 2.05) is 34.2 Å². The molecular weight excluding hydrogens is 406 g/mol. The highest BCUT2D eigenvalue weighted by Crippen LogP contribution is 2.25. The highest BCUT2D eigenvalue weighted by atomic mass is 16.3. The summed E-state index contributed by atoms with van der Waals surface area (Å²) in [5.41, 5.74) is 4.49. The highest BCUT2D eigenvalue weighted by molar-refractivity contribution is 5.94. The third-order valence-corrected chi connectivity index (χ3v) is 6.62. The molecule has 8 heteroatoms. The molecule has 0 bridgehead atoms. The number of hydrogen-bond acceptors (Lipinski definition) is 5. The SMILES string of the molecule is O=C(Cc1cccc(C(=O)N2CCCC(CO)C2)c1)N1CCc2c(cnc3[nH]ncc23)C1. The summed E-state index contributed by atoms with van der Waals surface area (Å²) in [7, 11) is 0. The Morgan fingerprint density at radius 2 is 2.09 bits per heavy atom. The number of aromatic nitrogens is 3. The minimum absolute atomic E-state index is 0.0282. The van der Waals surface area contributed by atoms with Crippen molar-refractivity contribution in [3.05, 3.63) is 58.9 Å². The first-order chi connectivity index (χ1) is 15.6. The molecule has 1 fully saturated rings. The Bertz CT molecular complexity index is 1160. The smallest absolute Gasteiger partial charge is 0.253 e. The summed E-state index contributed by atoms with van der Waals surface area (Å²) in [6.45, 7) is 2.61. The maximum atomic E-state index is 13.0. The summed E-state index contributed by atoms with van der Waals surface area (Å²) in [6, 6.07) is 7.37. The molecule has 0 spiro atoms. The average molecular weight is 434 g/mol. The van der Waals surface area contributed by atoms with Gasteiger partial charge < -0.3 is 14.9 Å². The van der Waals surface area contributed by atoms with Crippen LogP contribution in [0.2, 0.25) is 0 Å². The zero-order chi connectivity index (χ0) is 22.1. The fraction of sp³-hybridized carbons (Fsp3) is 0.417. The molecule has 4 heterocycles. The molecule has 2 N–H and O–H groups in total. The molecule has 0 saturated carbocycles. The lowest BCUT2D eigenvalue weighted by Gasteiger charge is -2.32. The summed E-state index contributed by atoms with van der Waals surface area (Å²) in [4.78, 5) is 34.1. The number of amides is 2. The van der Waals surface area contributed by atoms with Crippen molar-refractivity contribution < 1.29 is 14.7 Å². The molecule has 2 aromatic heterocycles. The molecule has 166 valence electrons. The second kappa shape index (κ2) is 8.70. The summed E-state index contributed by atoms with van der Waals surface area (Å²) in [5, 5.41) is 17.4. The predicted octanol–water partition coefficient (Wildman–Crippen LogP) is 1.93. The highest BCUT2D eigenvalue weighted by Gasteiger charge is 2.25. The Kier molecular flexibility index (Phi) is 5.61. The zero-order valence-corrected chi connectivity index (χ0v) is 18.0. The number of H-pyrrole nitrogens is 1. The van der Waals surface area contributed by atoms with Crippen LogP contribution in [0.3, 0.4) is 0 Å². The number of nitrogens with one attached hydrogen (secondary N) is 1. The van der Waals surface area contributed by atoms with Gasteiger partial charge in [-0.25, -0.2) is 4.98 Å². The Balaban J connectivity index is 1.26. The summed E-state index contributed by atoms with van der Waals surface area (Å²) >= 11 is 0. The van der Waals surface area contributed by atoms with Crippen molar-refractivity contribution in [3.63, 3.8) is 0 Å². The molecule has 2 amide bonds. The fourth-order valence-corrected chi connectivity index (χ4v) is 4.85. The van der Waals surface area contributed by atoms with Crippen molar-refractivity contribution in [2.75, 3.05) is 26.2 Å². The van der Waals surface area contributed by atoms with Crippen LogP contribution in [0.4, 0.5) is 0 Å². The van der Waals surface area contributed by atoms with Crippen molar-refractivity contribution in [3.8, 4) is 0 Å². The molecule has 8 nitrogen and oxygen atoms in total. The van der Waals surface area contributed by atoms with E-state index in [2.05, 4.69) is 15.2 Å². The second-order valence-corrected chi connectivity index (χ2v) is 8.78. The topological polar surface area (TPSA) is 102 Å². The number of piperidine rings is 1. The molecule has 0 radical (unpaired) electrons. The van der Waals surface area contributed by atoms with Gasteiger partial charge in [0.1, 0.15) is 0 Å². The summed E-state index contributed by atoms with van der Waals surface area (Å²) in [6.07, 6.45) is 6.52. The van der Waals surface area contributed by atoms with E-state index in [1.165, 1.54) is 5.56 Å². The Hall–Kier alpha value is -3.26. The van der Waals surface area contributed by atoms with Crippen LogP contribution in [0.25, 0.3) is 11.0 Å². The van der Waals surface area contributed by atoms with Gasteiger partial charge >= 0.3 is 0 Å². The minimum atomic E-state index is -0.0282. The van der Waals surface area contributed by atoms with E-state index in [0.717, 1.165) is 41.4 Å². The van der Waals surface area contributed by atoms with Gasteiger partial charge in [-0.05, 0) is 54.0 Å². The quantitative estimate of drug-likeness (QED) is 0.655. The standard InChI is InChI=1S/C24H27N5O3/c30-15-17-4-2-7-29(13-17)24(32)18-5-1-3-16(9-18)10-22(31)28-8-6-20-19(14-28)11-25-23-21(20)12-26-27-23/h1,3,5,9,11-12,17,30H,2,4,6-8,10,13-15H2,(H,25,26,27). The number of hydrogen-bond donors (Lipinski definition) is 2. The maximum Gasteiger partial charge on any atom is 0.253 e. The Morgan fingerprint density at radius 3 is 2.97 bits per heavy atom. The van der Waals surface area contributed by atoms with Crippen molar-refractivity contribution in [1.82, 2.24) is 25.0 Å². The lowest BCUT2D eigenvalue weighted by atomic mass is 9.97. The monoisotopic (exact) mass is 433 g/mol. The molecule has 0 aliphatic carbocycles. The van der Waals surface area contributed by atoms with Crippen molar-refractivity contribution >= 4 is 22.8 Å². The van der Waals surface area contributed by atoms with Gasteiger partial charge in [-0.15, -0.1) is 0 Å². The molecular formula is C24H27N5O3. The van der Waals surface area contributed by atoms with E-state index in [9.17, 15) is 14.7 Å². The van der Waals surface area contributed by atoms with E-state index in [0.29, 0.717) is 31.7 Å². The van der Waals surface area contributed by atoms with Gasteiger partial charge in [-0.1, -0.05) is 12.1 Å². The lowest BCUT2D eigenvalue weighted by Crippen LogP contribution is -2.41. The lowest BCUT2D eigenvalue weighted by molar-refractivity contribution is -0.131. The first-order valence-electron chi connectivity index (χ1n) is 11.2. The Morgan fingerprint density at radius 1 is 1.19 bits per heavy atom. The van der Waals surface area contributed by atoms with Crippen molar-refractivity contribution in [1.29, 1.82) is 0 Å². The average Bonchev–Trinajstić information content (AvgIpc) is 3.33. The van der Waals surface area contributed by atoms with Gasteiger partial charge in [0.25, 0.3) is 5.91 Å². The molecule has 32 heavy (non-hydrogen) atoms. The van der Waals surface area contributed by atoms with Crippen LogP contribution in [0, 0.1) is 5.92 Å². The number of rotatable bonds is 4. The number of likely N-dealkylation sites (tertiary alicyclic amines) is 1. The van der Waals surface area contributed by atoms with Crippen LogP contribution in [0.1, 0.15) is 39.9 Å². The van der Waals surface area contributed by atoms with E-state index < -0.39 is 0 Å². The van der Waals surface area contributed by atoms with Gasteiger partial charge in [0, 0.05) is 49.9 Å². The van der Waals surface area contributed by atoms with Crippen LogP contribution in [-0.2, 0) is 24.2 Å². The van der Waals surface area contributed by atoms with Gasteiger partial charge in [0.15, 0.2) is 5.65 Å². The zero-order valence-electron chi connectivity index (χ0n) is 18.0. The fourth-order valence-electron chi connectivity index (χ4n) is 4.85. The molecule has 1 aromatic carbocycles. The molecule has 2 aliphatic rings. The van der Waals surface area contributed by atoms with Crippen molar-refractivity contribution in [2.45, 2.75) is 32.2 Å². The van der Waals surface area contributed by atoms with E-state index in [-0.39, 0.29) is 30.8 Å². The van der Waals surface area contributed by atoms with E-state index in [4.69, 9.17) is 0 Å². The third kappa shape index (κ3) is 3.98. The normalized spacial score (nSPS) is 18.6. The first kappa shape index (κ1) is 20.6. The molecule has 1 saturated heterocycles. The number of aliphatic hydroxyl groups is 1.